The van der Waals surface area contributed by atoms with E-state index >= 15 is 0 Å². The normalized spacial score (nSPS) is 28.6. The minimum absolute atomic E-state index is 0.0173. The number of aliphatic carboxylic acids is 1. The zero-order chi connectivity index (χ0) is 15.9. The van der Waals surface area contributed by atoms with E-state index in [4.69, 9.17) is 16.3 Å². The summed E-state index contributed by atoms with van der Waals surface area (Å²) < 4.78 is 5.20. The number of hydrogen-bond donors (Lipinski definition) is 2. The van der Waals surface area contributed by atoms with Crippen molar-refractivity contribution in [2.24, 2.45) is 23.7 Å². The molecule has 1 aromatic rings. The molecule has 22 heavy (non-hydrogen) atoms. The van der Waals surface area contributed by atoms with Crippen LogP contribution in [0.4, 0.5) is 5.69 Å². The highest BCUT2D eigenvalue weighted by Crippen LogP contribution is 2.48. The number of ether oxygens (including phenoxy) is 1. The van der Waals surface area contributed by atoms with Gasteiger partial charge in [0.05, 0.1) is 24.6 Å². The van der Waals surface area contributed by atoms with Gasteiger partial charge in [-0.05, 0) is 36.5 Å². The fourth-order valence-corrected chi connectivity index (χ4v) is 3.68. The fourth-order valence-electron chi connectivity index (χ4n) is 3.51. The lowest BCUT2D eigenvalue weighted by Gasteiger charge is -2.24. The summed E-state index contributed by atoms with van der Waals surface area (Å²) in [6, 6.07) is 4.92. The summed E-state index contributed by atoms with van der Waals surface area (Å²) >= 11 is 5.95. The van der Waals surface area contributed by atoms with Gasteiger partial charge in [-0.3, -0.25) is 9.59 Å². The van der Waals surface area contributed by atoms with Gasteiger partial charge in [0.2, 0.25) is 5.91 Å². The molecule has 0 spiro atoms. The van der Waals surface area contributed by atoms with Crippen LogP contribution in [0.3, 0.4) is 0 Å². The van der Waals surface area contributed by atoms with E-state index < -0.39 is 17.8 Å². The number of amides is 1. The molecule has 1 fully saturated rings. The van der Waals surface area contributed by atoms with Crippen molar-refractivity contribution in [3.8, 4) is 5.75 Å². The molecular weight excluding hydrogens is 306 g/mol. The Morgan fingerprint density at radius 3 is 2.59 bits per heavy atom. The summed E-state index contributed by atoms with van der Waals surface area (Å²) in [6.45, 7) is 0. The smallest absolute Gasteiger partial charge is 0.307 e. The number of carbonyl (C=O) groups excluding carboxylic acids is 1. The maximum absolute atomic E-state index is 12.6. The lowest BCUT2D eigenvalue weighted by atomic mass is 9.82. The molecule has 4 atom stereocenters. The molecule has 2 N–H and O–H groups in total. The van der Waals surface area contributed by atoms with Gasteiger partial charge in [0.15, 0.2) is 0 Å². The largest absolute Gasteiger partial charge is 0.495 e. The van der Waals surface area contributed by atoms with E-state index in [1.54, 1.807) is 18.2 Å². The van der Waals surface area contributed by atoms with Crippen LogP contribution in [0.25, 0.3) is 0 Å². The van der Waals surface area contributed by atoms with Crippen LogP contribution in [0, 0.1) is 23.7 Å². The number of nitrogens with one attached hydrogen (secondary N) is 1. The third-order valence-corrected chi connectivity index (χ3v) is 4.70. The summed E-state index contributed by atoms with van der Waals surface area (Å²) in [4.78, 5) is 24.1. The standard InChI is InChI=1S/C16H16ClNO4/c1-22-12-5-4-10(17)7-11(12)18-15(19)13-8-2-3-9(6-8)14(13)16(20)21/h2-5,7-9,13-14H,6H2,1H3,(H,18,19)(H,20,21). The molecule has 4 unspecified atom stereocenters. The Bertz CT molecular complexity index is 658. The molecule has 116 valence electrons. The van der Waals surface area contributed by atoms with Crippen LogP contribution in [0.15, 0.2) is 30.4 Å². The Morgan fingerprint density at radius 2 is 1.95 bits per heavy atom. The third-order valence-electron chi connectivity index (χ3n) is 4.47. The molecule has 5 nitrogen and oxygen atoms in total. The quantitative estimate of drug-likeness (QED) is 0.836. The highest BCUT2D eigenvalue weighted by molar-refractivity contribution is 6.31. The SMILES string of the molecule is COc1ccc(Cl)cc1NC(=O)C1C2C=CC(C2)C1C(=O)O. The van der Waals surface area contributed by atoms with Crippen LogP contribution in [0.2, 0.25) is 5.02 Å². The van der Waals surface area contributed by atoms with Crippen molar-refractivity contribution in [2.75, 3.05) is 12.4 Å². The summed E-state index contributed by atoms with van der Waals surface area (Å²) in [7, 11) is 1.50. The number of rotatable bonds is 4. The summed E-state index contributed by atoms with van der Waals surface area (Å²) in [5.41, 5.74) is 0.455. The van der Waals surface area contributed by atoms with Crippen molar-refractivity contribution < 1.29 is 19.4 Å². The zero-order valence-electron chi connectivity index (χ0n) is 12.0. The highest BCUT2D eigenvalue weighted by atomic mass is 35.5. The van der Waals surface area contributed by atoms with Crippen molar-refractivity contribution in [1.82, 2.24) is 0 Å². The van der Waals surface area contributed by atoms with Crippen molar-refractivity contribution in [1.29, 1.82) is 0 Å². The van der Waals surface area contributed by atoms with E-state index in [1.807, 2.05) is 12.2 Å². The van der Waals surface area contributed by atoms with Gasteiger partial charge in [0.25, 0.3) is 0 Å². The number of hydrogen-bond acceptors (Lipinski definition) is 3. The van der Waals surface area contributed by atoms with Gasteiger partial charge in [-0.2, -0.15) is 0 Å². The Labute approximate surface area is 132 Å². The highest BCUT2D eigenvalue weighted by Gasteiger charge is 2.51. The van der Waals surface area contributed by atoms with E-state index in [0.29, 0.717) is 16.5 Å². The van der Waals surface area contributed by atoms with E-state index in [1.165, 1.54) is 7.11 Å². The topological polar surface area (TPSA) is 75.6 Å². The number of carboxylic acid groups (broad SMARTS) is 1. The predicted octanol–water partition coefficient (Wildman–Crippen LogP) is 2.81. The summed E-state index contributed by atoms with van der Waals surface area (Å²) in [5.74, 6) is -2.03. The van der Waals surface area contributed by atoms with Crippen molar-refractivity contribution in [3.05, 3.63) is 35.4 Å². The number of fused-ring (bicyclic) bond motifs is 2. The van der Waals surface area contributed by atoms with Crippen LogP contribution in [0.1, 0.15) is 6.42 Å². The first-order valence-electron chi connectivity index (χ1n) is 7.07. The molecule has 6 heteroatoms. The average molecular weight is 322 g/mol. The average Bonchev–Trinajstić information content (AvgIpc) is 3.08. The number of halogens is 1. The molecule has 1 saturated carbocycles. The Balaban J connectivity index is 1.84. The van der Waals surface area contributed by atoms with E-state index in [2.05, 4.69) is 5.32 Å². The van der Waals surface area contributed by atoms with Crippen LogP contribution in [-0.2, 0) is 9.59 Å². The molecule has 2 bridgehead atoms. The van der Waals surface area contributed by atoms with Gasteiger partial charge in [-0.1, -0.05) is 23.8 Å². The molecule has 1 amide bonds. The predicted molar refractivity (Wildman–Crippen MR) is 82.0 cm³/mol. The van der Waals surface area contributed by atoms with Crippen LogP contribution < -0.4 is 10.1 Å². The third kappa shape index (κ3) is 2.46. The minimum Gasteiger partial charge on any atom is -0.495 e. The van der Waals surface area contributed by atoms with Crippen LogP contribution in [-0.4, -0.2) is 24.1 Å². The number of methoxy groups -OCH3 is 1. The number of benzene rings is 1. The van der Waals surface area contributed by atoms with Gasteiger partial charge in [0, 0.05) is 5.02 Å². The first kappa shape index (κ1) is 14.9. The Morgan fingerprint density at radius 1 is 1.27 bits per heavy atom. The first-order chi connectivity index (χ1) is 10.5. The number of anilines is 1. The molecule has 2 aliphatic carbocycles. The molecule has 0 aliphatic heterocycles. The van der Waals surface area contributed by atoms with Gasteiger partial charge in [-0.25, -0.2) is 0 Å². The van der Waals surface area contributed by atoms with Crippen LogP contribution >= 0.6 is 11.6 Å². The number of carboxylic acids is 1. The number of carbonyl (C=O) groups is 2. The molecule has 0 radical (unpaired) electrons. The van der Waals surface area contributed by atoms with Gasteiger partial charge in [-0.15, -0.1) is 0 Å². The number of allylic oxidation sites excluding steroid dienone is 2. The molecule has 2 aliphatic rings. The summed E-state index contributed by atoms with van der Waals surface area (Å²) in [5, 5.41) is 12.6. The van der Waals surface area contributed by atoms with Crippen molar-refractivity contribution >= 4 is 29.2 Å². The summed E-state index contributed by atoms with van der Waals surface area (Å²) in [6.07, 6.45) is 4.58. The second kappa shape index (κ2) is 5.65. The molecule has 0 aromatic heterocycles. The monoisotopic (exact) mass is 321 g/mol. The maximum Gasteiger partial charge on any atom is 0.307 e. The maximum atomic E-state index is 12.6. The lowest BCUT2D eigenvalue weighted by molar-refractivity contribution is -0.146. The zero-order valence-corrected chi connectivity index (χ0v) is 12.7. The molecule has 3 rings (SSSR count). The minimum atomic E-state index is -0.921. The first-order valence-corrected chi connectivity index (χ1v) is 7.44. The van der Waals surface area contributed by atoms with Gasteiger partial charge in [0.1, 0.15) is 5.75 Å². The van der Waals surface area contributed by atoms with E-state index in [9.17, 15) is 14.7 Å². The van der Waals surface area contributed by atoms with Crippen LogP contribution in [0.5, 0.6) is 5.75 Å². The van der Waals surface area contributed by atoms with Crippen molar-refractivity contribution in [3.63, 3.8) is 0 Å². The fraction of sp³-hybridized carbons (Fsp3) is 0.375. The molecular formula is C16H16ClNO4. The van der Waals surface area contributed by atoms with Crippen molar-refractivity contribution in [2.45, 2.75) is 6.42 Å². The lowest BCUT2D eigenvalue weighted by Crippen LogP contribution is -2.36. The van der Waals surface area contributed by atoms with Gasteiger partial charge >= 0.3 is 5.97 Å². The molecule has 0 saturated heterocycles. The second-order valence-electron chi connectivity index (χ2n) is 5.67. The molecule has 0 heterocycles. The van der Waals surface area contributed by atoms with Gasteiger partial charge < -0.3 is 15.2 Å². The van der Waals surface area contributed by atoms with E-state index in [-0.39, 0.29) is 17.7 Å². The molecule has 1 aromatic carbocycles. The Kier molecular flexibility index (Phi) is 3.83. The Hall–Kier alpha value is -2.01. The second-order valence-corrected chi connectivity index (χ2v) is 6.11. The van der Waals surface area contributed by atoms with E-state index in [0.717, 1.165) is 6.42 Å².